The van der Waals surface area contributed by atoms with Gasteiger partial charge in [0, 0.05) is 0 Å². The number of benzene rings is 1. The summed E-state index contributed by atoms with van der Waals surface area (Å²) in [6.45, 7) is 2.09. The number of hydrogen-bond acceptors (Lipinski definition) is 3. The van der Waals surface area contributed by atoms with Crippen LogP contribution in [-0.4, -0.2) is 18.2 Å². The Hall–Kier alpha value is -1.77. The summed E-state index contributed by atoms with van der Waals surface area (Å²) in [7, 11) is 0. The third kappa shape index (κ3) is 3.85. The van der Waals surface area contributed by atoms with Gasteiger partial charge in [-0.2, -0.15) is 0 Å². The Morgan fingerprint density at radius 1 is 1.40 bits per heavy atom. The second-order valence-corrected chi connectivity index (χ2v) is 3.30. The molecule has 0 amide bonds. The minimum atomic E-state index is -0.0534. The van der Waals surface area contributed by atoms with Crippen LogP contribution in [0.2, 0.25) is 0 Å². The van der Waals surface area contributed by atoms with E-state index in [-0.39, 0.29) is 12.4 Å². The largest absolute Gasteiger partial charge is 0.509 e. The van der Waals surface area contributed by atoms with Crippen LogP contribution in [0, 0.1) is 0 Å². The molecule has 0 aliphatic rings. The summed E-state index contributed by atoms with van der Waals surface area (Å²) >= 11 is 0. The quantitative estimate of drug-likeness (QED) is 0.593. The maximum Gasteiger partial charge on any atom is 0.293 e. The van der Waals surface area contributed by atoms with E-state index in [9.17, 15) is 9.90 Å². The molecule has 0 fully saturated rings. The van der Waals surface area contributed by atoms with Gasteiger partial charge < -0.3 is 9.84 Å². The van der Waals surface area contributed by atoms with Crippen LogP contribution in [0.4, 0.5) is 0 Å². The van der Waals surface area contributed by atoms with Crippen molar-refractivity contribution in [2.24, 2.45) is 0 Å². The average molecular weight is 206 g/mol. The van der Waals surface area contributed by atoms with Crippen LogP contribution in [0.3, 0.4) is 0 Å². The topological polar surface area (TPSA) is 46.5 Å². The molecule has 0 aliphatic carbocycles. The third-order valence-corrected chi connectivity index (χ3v) is 2.09. The Bertz CT molecular complexity index is 341. The lowest BCUT2D eigenvalue weighted by atomic mass is 10.1. The zero-order chi connectivity index (χ0) is 11.1. The minimum absolute atomic E-state index is 0.0534. The fraction of sp³-hybridized carbons (Fsp3) is 0.250. The van der Waals surface area contributed by atoms with Gasteiger partial charge in [-0.05, 0) is 24.5 Å². The summed E-state index contributed by atoms with van der Waals surface area (Å²) in [4.78, 5) is 9.93. The normalized spacial score (nSPS) is 11.8. The smallest absolute Gasteiger partial charge is 0.293 e. The van der Waals surface area contributed by atoms with Gasteiger partial charge in [-0.1, -0.05) is 30.3 Å². The van der Waals surface area contributed by atoms with Crippen LogP contribution < -0.4 is 0 Å². The standard InChI is InChI=1S/C12H14O3/c1-10(12(14)8-15-9-13)7-11-5-3-2-4-6-11/h2-6,9,14H,7-8H2,1H3/b12-10-. The molecule has 0 spiro atoms. The fourth-order valence-electron chi connectivity index (χ4n) is 1.24. The highest BCUT2D eigenvalue weighted by atomic mass is 16.5. The van der Waals surface area contributed by atoms with Crippen LogP contribution in [-0.2, 0) is 16.0 Å². The van der Waals surface area contributed by atoms with E-state index in [1.165, 1.54) is 0 Å². The number of hydrogen-bond donors (Lipinski definition) is 1. The molecular weight excluding hydrogens is 192 g/mol. The molecule has 0 bridgehead atoms. The Labute approximate surface area is 89.0 Å². The van der Waals surface area contributed by atoms with Crippen molar-refractivity contribution in [3.8, 4) is 0 Å². The molecule has 1 N–H and O–H groups in total. The summed E-state index contributed by atoms with van der Waals surface area (Å²) in [5.41, 5.74) is 1.93. The van der Waals surface area contributed by atoms with E-state index in [0.717, 1.165) is 11.1 Å². The molecule has 3 nitrogen and oxygen atoms in total. The second kappa shape index (κ2) is 5.86. The first-order chi connectivity index (χ1) is 7.24. The van der Waals surface area contributed by atoms with Crippen LogP contribution >= 0.6 is 0 Å². The van der Waals surface area contributed by atoms with Crippen molar-refractivity contribution in [2.75, 3.05) is 6.61 Å². The zero-order valence-electron chi connectivity index (χ0n) is 8.64. The van der Waals surface area contributed by atoms with Gasteiger partial charge >= 0.3 is 0 Å². The van der Waals surface area contributed by atoms with Crippen molar-refractivity contribution in [3.05, 3.63) is 47.2 Å². The lowest BCUT2D eigenvalue weighted by Crippen LogP contribution is -2.00. The number of ether oxygens (including phenoxy) is 1. The van der Waals surface area contributed by atoms with E-state index in [4.69, 9.17) is 0 Å². The Balaban J connectivity index is 2.61. The molecule has 1 rings (SSSR count). The summed E-state index contributed by atoms with van der Waals surface area (Å²) in [5.74, 6) is 0.117. The van der Waals surface area contributed by atoms with E-state index in [1.54, 1.807) is 0 Å². The van der Waals surface area contributed by atoms with Gasteiger partial charge in [-0.3, -0.25) is 4.79 Å². The first-order valence-electron chi connectivity index (χ1n) is 4.71. The van der Waals surface area contributed by atoms with E-state index in [0.29, 0.717) is 12.9 Å². The molecule has 0 saturated carbocycles. The number of aliphatic hydroxyl groups excluding tert-OH is 1. The molecular formula is C12H14O3. The van der Waals surface area contributed by atoms with Crippen molar-refractivity contribution in [2.45, 2.75) is 13.3 Å². The first kappa shape index (κ1) is 11.3. The monoisotopic (exact) mass is 206 g/mol. The Morgan fingerprint density at radius 3 is 2.67 bits per heavy atom. The highest BCUT2D eigenvalue weighted by Crippen LogP contribution is 2.10. The highest BCUT2D eigenvalue weighted by molar-refractivity contribution is 5.37. The number of aliphatic hydroxyl groups is 1. The number of carbonyl (C=O) groups is 1. The molecule has 1 aromatic carbocycles. The van der Waals surface area contributed by atoms with Gasteiger partial charge in [0.25, 0.3) is 6.47 Å². The molecule has 3 heteroatoms. The third-order valence-electron chi connectivity index (χ3n) is 2.09. The van der Waals surface area contributed by atoms with E-state index < -0.39 is 0 Å². The molecule has 0 saturated heterocycles. The van der Waals surface area contributed by atoms with Gasteiger partial charge in [0.2, 0.25) is 0 Å². The summed E-state index contributed by atoms with van der Waals surface area (Å²) in [6, 6.07) is 9.80. The summed E-state index contributed by atoms with van der Waals surface area (Å²) in [6.07, 6.45) is 0.662. The lowest BCUT2D eigenvalue weighted by molar-refractivity contribution is -0.128. The number of rotatable bonds is 5. The van der Waals surface area contributed by atoms with E-state index in [2.05, 4.69) is 4.74 Å². The predicted molar refractivity (Wildman–Crippen MR) is 57.5 cm³/mol. The van der Waals surface area contributed by atoms with E-state index >= 15 is 0 Å². The first-order valence-corrected chi connectivity index (χ1v) is 4.71. The number of allylic oxidation sites excluding steroid dienone is 1. The van der Waals surface area contributed by atoms with Crippen molar-refractivity contribution < 1.29 is 14.6 Å². The zero-order valence-corrected chi connectivity index (χ0v) is 8.64. The van der Waals surface area contributed by atoms with Crippen molar-refractivity contribution in [1.82, 2.24) is 0 Å². The van der Waals surface area contributed by atoms with Crippen LogP contribution in [0.15, 0.2) is 41.7 Å². The van der Waals surface area contributed by atoms with Crippen LogP contribution in [0.25, 0.3) is 0 Å². The molecule has 1 aromatic rings. The van der Waals surface area contributed by atoms with Gasteiger partial charge in [-0.25, -0.2) is 0 Å². The van der Waals surface area contributed by atoms with Gasteiger partial charge in [0.15, 0.2) is 0 Å². The molecule has 0 aromatic heterocycles. The highest BCUT2D eigenvalue weighted by Gasteiger charge is 2.01. The lowest BCUT2D eigenvalue weighted by Gasteiger charge is -2.05. The summed E-state index contributed by atoms with van der Waals surface area (Å²) < 4.78 is 4.47. The molecule has 0 heterocycles. The van der Waals surface area contributed by atoms with Gasteiger partial charge in [0.05, 0.1) is 0 Å². The second-order valence-electron chi connectivity index (χ2n) is 3.30. The van der Waals surface area contributed by atoms with Gasteiger partial charge in [0.1, 0.15) is 12.4 Å². The van der Waals surface area contributed by atoms with Crippen LogP contribution in [0.1, 0.15) is 12.5 Å². The number of carbonyl (C=O) groups excluding carboxylic acids is 1. The molecule has 0 radical (unpaired) electrons. The maximum absolute atomic E-state index is 9.93. The molecule has 0 aliphatic heterocycles. The fourth-order valence-corrected chi connectivity index (χ4v) is 1.24. The SMILES string of the molecule is C/C(Cc1ccccc1)=C(/O)COC=O. The Morgan fingerprint density at radius 2 is 2.07 bits per heavy atom. The minimum Gasteiger partial charge on any atom is -0.509 e. The molecule has 15 heavy (non-hydrogen) atoms. The summed E-state index contributed by atoms with van der Waals surface area (Å²) in [5, 5.41) is 9.51. The van der Waals surface area contributed by atoms with Crippen molar-refractivity contribution in [1.29, 1.82) is 0 Å². The van der Waals surface area contributed by atoms with Gasteiger partial charge in [-0.15, -0.1) is 0 Å². The average Bonchev–Trinajstić information content (AvgIpc) is 2.27. The van der Waals surface area contributed by atoms with Crippen molar-refractivity contribution >= 4 is 6.47 Å². The molecule has 0 atom stereocenters. The molecule has 0 unspecified atom stereocenters. The van der Waals surface area contributed by atoms with Crippen molar-refractivity contribution in [3.63, 3.8) is 0 Å². The Kier molecular flexibility index (Phi) is 4.41. The van der Waals surface area contributed by atoms with E-state index in [1.807, 2.05) is 37.3 Å². The molecule has 80 valence electrons. The predicted octanol–water partition coefficient (Wildman–Crippen LogP) is 2.23. The van der Waals surface area contributed by atoms with Crippen LogP contribution in [0.5, 0.6) is 0 Å². The maximum atomic E-state index is 9.93.